The number of methoxy groups -OCH3 is 1. The van der Waals surface area contributed by atoms with Gasteiger partial charge in [-0.2, -0.15) is 13.2 Å². The Hall–Kier alpha value is -3.05. The number of alkyl halides is 3. The van der Waals surface area contributed by atoms with Crippen molar-refractivity contribution in [2.45, 2.75) is 19.1 Å². The third kappa shape index (κ3) is 5.30. The molecule has 1 aliphatic rings. The van der Waals surface area contributed by atoms with E-state index in [1.54, 1.807) is 25.1 Å². The van der Waals surface area contributed by atoms with E-state index < -0.39 is 23.8 Å². The summed E-state index contributed by atoms with van der Waals surface area (Å²) in [5.41, 5.74) is 0.981. The third-order valence-corrected chi connectivity index (χ3v) is 6.67. The Morgan fingerprint density at radius 3 is 2.49 bits per heavy atom. The van der Waals surface area contributed by atoms with Crippen LogP contribution in [0.3, 0.4) is 0 Å². The number of nitrogens with one attached hydrogen (secondary N) is 2. The number of ether oxygens (including phenoxy) is 1. The average Bonchev–Trinajstić information content (AvgIpc) is 3.20. The second-order valence-corrected chi connectivity index (χ2v) is 9.21. The van der Waals surface area contributed by atoms with E-state index in [2.05, 4.69) is 26.2 Å². The second kappa shape index (κ2) is 9.90. The van der Waals surface area contributed by atoms with E-state index in [-0.39, 0.29) is 11.6 Å². The van der Waals surface area contributed by atoms with Gasteiger partial charge in [0.1, 0.15) is 5.69 Å². The second-order valence-electron chi connectivity index (χ2n) is 8.29. The minimum Gasteiger partial charge on any atom is -0.464 e. The molecule has 11 heteroatoms. The zero-order chi connectivity index (χ0) is 25.3. The Morgan fingerprint density at radius 1 is 1.11 bits per heavy atom. The van der Waals surface area contributed by atoms with Gasteiger partial charge in [0.15, 0.2) is 0 Å². The number of aromatic amines is 1. The number of amides is 1. The highest BCUT2D eigenvalue weighted by Crippen LogP contribution is 2.33. The molecule has 1 aliphatic heterocycles. The molecule has 0 spiro atoms. The molecule has 2 heterocycles. The molecule has 1 atom stereocenters. The normalized spacial score (nSPS) is 15.8. The maximum atomic E-state index is 13.1. The van der Waals surface area contributed by atoms with Crippen LogP contribution in [0.15, 0.2) is 46.9 Å². The van der Waals surface area contributed by atoms with Crippen molar-refractivity contribution in [1.82, 2.24) is 9.88 Å². The standard InChI is InChI=1S/C24H24BrF3N4O3/c1-14(31-8-10-32(11-9-31)17-5-3-4-15(12-17)24(26,27)28)22(33)30-20-18-13-16(25)6-7-19(18)29-21(20)23(34)35-2/h3-7,12-14,29H,8-11H2,1-2H3,(H,30,33)/t14-/m0/s1. The molecule has 1 amide bonds. The topological polar surface area (TPSA) is 77.7 Å². The van der Waals surface area contributed by atoms with E-state index in [1.807, 2.05) is 15.9 Å². The molecule has 0 aliphatic carbocycles. The third-order valence-electron chi connectivity index (χ3n) is 6.18. The highest BCUT2D eigenvalue weighted by Gasteiger charge is 2.32. The van der Waals surface area contributed by atoms with Crippen molar-refractivity contribution >= 4 is 50.1 Å². The van der Waals surface area contributed by atoms with Gasteiger partial charge in [-0.1, -0.05) is 22.0 Å². The minimum atomic E-state index is -4.40. The first-order chi connectivity index (χ1) is 16.6. The van der Waals surface area contributed by atoms with E-state index >= 15 is 0 Å². The largest absolute Gasteiger partial charge is 0.464 e. The maximum Gasteiger partial charge on any atom is 0.416 e. The summed E-state index contributed by atoms with van der Waals surface area (Å²) in [5.74, 6) is -0.904. The van der Waals surface area contributed by atoms with Crippen LogP contribution in [0, 0.1) is 0 Å². The van der Waals surface area contributed by atoms with Crippen LogP contribution in [-0.2, 0) is 15.7 Å². The Bertz CT molecular complexity index is 1250. The van der Waals surface area contributed by atoms with Gasteiger partial charge in [-0.15, -0.1) is 0 Å². The van der Waals surface area contributed by atoms with Gasteiger partial charge in [0.2, 0.25) is 5.91 Å². The molecular formula is C24H24BrF3N4O3. The minimum absolute atomic E-state index is 0.149. The van der Waals surface area contributed by atoms with Crippen LogP contribution >= 0.6 is 15.9 Å². The number of piperazine rings is 1. The summed E-state index contributed by atoms with van der Waals surface area (Å²) in [7, 11) is 1.27. The van der Waals surface area contributed by atoms with Gasteiger partial charge in [-0.25, -0.2) is 4.79 Å². The molecule has 0 unspecified atom stereocenters. The molecule has 1 aromatic heterocycles. The van der Waals surface area contributed by atoms with Crippen molar-refractivity contribution in [1.29, 1.82) is 0 Å². The number of esters is 1. The molecule has 1 saturated heterocycles. The molecule has 0 bridgehead atoms. The van der Waals surface area contributed by atoms with Crippen LogP contribution in [0.2, 0.25) is 0 Å². The van der Waals surface area contributed by atoms with E-state index in [9.17, 15) is 22.8 Å². The molecule has 35 heavy (non-hydrogen) atoms. The summed E-state index contributed by atoms with van der Waals surface area (Å²) in [6.45, 7) is 3.71. The summed E-state index contributed by atoms with van der Waals surface area (Å²) in [4.78, 5) is 32.3. The molecule has 3 aromatic rings. The van der Waals surface area contributed by atoms with Crippen LogP contribution in [0.4, 0.5) is 24.5 Å². The zero-order valence-corrected chi connectivity index (χ0v) is 20.7. The van der Waals surface area contributed by atoms with Crippen molar-refractivity contribution in [2.24, 2.45) is 0 Å². The lowest BCUT2D eigenvalue weighted by atomic mass is 10.1. The zero-order valence-electron chi connectivity index (χ0n) is 19.1. The van der Waals surface area contributed by atoms with Gasteiger partial charge in [0.25, 0.3) is 0 Å². The number of rotatable bonds is 5. The quantitative estimate of drug-likeness (QED) is 0.441. The number of benzene rings is 2. The lowest BCUT2D eigenvalue weighted by Crippen LogP contribution is -2.52. The number of fused-ring (bicyclic) bond motifs is 1. The van der Waals surface area contributed by atoms with Gasteiger partial charge in [0, 0.05) is 47.2 Å². The Labute approximate surface area is 208 Å². The molecule has 2 N–H and O–H groups in total. The van der Waals surface area contributed by atoms with E-state index in [0.717, 1.165) is 16.6 Å². The molecule has 0 saturated carbocycles. The van der Waals surface area contributed by atoms with E-state index in [4.69, 9.17) is 4.74 Å². The Morgan fingerprint density at radius 2 is 1.83 bits per heavy atom. The summed E-state index contributed by atoms with van der Waals surface area (Å²) < 4.78 is 44.8. The molecule has 186 valence electrons. The van der Waals surface area contributed by atoms with Gasteiger partial charge in [-0.05, 0) is 43.3 Å². The SMILES string of the molecule is COC(=O)c1[nH]c2ccc(Br)cc2c1NC(=O)[C@H](C)N1CCN(c2cccc(C(F)(F)F)c2)CC1. The van der Waals surface area contributed by atoms with Gasteiger partial charge >= 0.3 is 12.1 Å². The van der Waals surface area contributed by atoms with Crippen LogP contribution < -0.4 is 10.2 Å². The van der Waals surface area contributed by atoms with Crippen molar-refractivity contribution < 1.29 is 27.5 Å². The number of H-pyrrole nitrogens is 1. The highest BCUT2D eigenvalue weighted by molar-refractivity contribution is 9.10. The molecule has 7 nitrogen and oxygen atoms in total. The number of carbonyl (C=O) groups excluding carboxylic acids is 2. The smallest absolute Gasteiger partial charge is 0.416 e. The Kier molecular flexibility index (Phi) is 7.09. The van der Waals surface area contributed by atoms with Crippen molar-refractivity contribution in [3.05, 3.63) is 58.2 Å². The maximum absolute atomic E-state index is 13.1. The van der Waals surface area contributed by atoms with E-state index in [0.29, 0.717) is 48.5 Å². The molecule has 0 radical (unpaired) electrons. The first kappa shape index (κ1) is 25.1. The lowest BCUT2D eigenvalue weighted by molar-refractivity contribution is -0.137. The summed E-state index contributed by atoms with van der Waals surface area (Å²) >= 11 is 3.41. The predicted molar refractivity (Wildman–Crippen MR) is 131 cm³/mol. The van der Waals surface area contributed by atoms with Gasteiger partial charge < -0.3 is 19.9 Å². The highest BCUT2D eigenvalue weighted by atomic mass is 79.9. The molecule has 4 rings (SSSR count). The fourth-order valence-corrected chi connectivity index (χ4v) is 4.55. The van der Waals surface area contributed by atoms with Gasteiger partial charge in [0.05, 0.1) is 24.4 Å². The summed E-state index contributed by atoms with van der Waals surface area (Å²) in [6.07, 6.45) is -4.40. The number of aromatic nitrogens is 1. The van der Waals surface area contributed by atoms with Gasteiger partial charge in [-0.3, -0.25) is 9.69 Å². The lowest BCUT2D eigenvalue weighted by Gasteiger charge is -2.38. The number of anilines is 2. The predicted octanol–water partition coefficient (Wildman–Crippen LogP) is 4.89. The number of nitrogens with zero attached hydrogens (tertiary/aromatic N) is 2. The van der Waals surface area contributed by atoms with Crippen molar-refractivity contribution in [2.75, 3.05) is 43.5 Å². The number of halogens is 4. The fourth-order valence-electron chi connectivity index (χ4n) is 4.19. The summed E-state index contributed by atoms with van der Waals surface area (Å²) in [6, 6.07) is 10.1. The van der Waals surface area contributed by atoms with Crippen LogP contribution in [-0.4, -0.2) is 61.1 Å². The first-order valence-corrected chi connectivity index (χ1v) is 11.7. The molecule has 2 aromatic carbocycles. The van der Waals surface area contributed by atoms with Crippen LogP contribution in [0.5, 0.6) is 0 Å². The van der Waals surface area contributed by atoms with Crippen molar-refractivity contribution in [3.63, 3.8) is 0 Å². The number of hydrogen-bond donors (Lipinski definition) is 2. The summed E-state index contributed by atoms with van der Waals surface area (Å²) in [5, 5.41) is 3.53. The van der Waals surface area contributed by atoms with Crippen LogP contribution in [0.1, 0.15) is 23.0 Å². The first-order valence-electron chi connectivity index (χ1n) is 10.9. The van der Waals surface area contributed by atoms with Crippen LogP contribution in [0.25, 0.3) is 10.9 Å². The molecular weight excluding hydrogens is 529 g/mol. The van der Waals surface area contributed by atoms with E-state index in [1.165, 1.54) is 13.2 Å². The fraction of sp³-hybridized carbons (Fsp3) is 0.333. The number of hydrogen-bond acceptors (Lipinski definition) is 5. The monoisotopic (exact) mass is 552 g/mol. The average molecular weight is 553 g/mol. The Balaban J connectivity index is 1.46. The number of carbonyl (C=O) groups is 2. The van der Waals surface area contributed by atoms with Crippen molar-refractivity contribution in [3.8, 4) is 0 Å². The molecule has 1 fully saturated rings.